The van der Waals surface area contributed by atoms with Gasteiger partial charge in [-0.25, -0.2) is 8.78 Å². The highest BCUT2D eigenvalue weighted by atomic mass is 19.3. The van der Waals surface area contributed by atoms with Crippen molar-refractivity contribution in [3.8, 4) is 0 Å². The van der Waals surface area contributed by atoms with Gasteiger partial charge < -0.3 is 10.3 Å². The normalized spacial score (nSPS) is 13.5. The Labute approximate surface area is 111 Å². The summed E-state index contributed by atoms with van der Waals surface area (Å²) in [6.45, 7) is 0.804. The van der Waals surface area contributed by atoms with E-state index in [4.69, 9.17) is 0 Å². The molecule has 106 valence electrons. The Morgan fingerprint density at radius 3 is 2.53 bits per heavy atom. The summed E-state index contributed by atoms with van der Waals surface area (Å²) in [6, 6.07) is 7.78. The molecule has 6 heteroatoms. The number of nitrogens with zero attached hydrogens (tertiary/aromatic N) is 2. The zero-order valence-electron chi connectivity index (χ0n) is 10.8. The molecule has 0 N–H and O–H groups in total. The maximum absolute atomic E-state index is 13.1. The van der Waals surface area contributed by atoms with Crippen LogP contribution in [0.2, 0.25) is 0 Å². The fourth-order valence-corrected chi connectivity index (χ4v) is 1.71. The first-order valence-electron chi connectivity index (χ1n) is 6.16. The molecule has 0 fully saturated rings. The lowest BCUT2D eigenvalue weighted by atomic mass is 10.1. The summed E-state index contributed by atoms with van der Waals surface area (Å²) in [4.78, 5) is 10.4. The SMILES string of the molecule is CCC(F)(F)CCN([O-])C(CN=O)c1ccccc1. The van der Waals surface area contributed by atoms with E-state index in [0.717, 1.165) is 0 Å². The van der Waals surface area contributed by atoms with Gasteiger partial charge >= 0.3 is 0 Å². The third-order valence-electron chi connectivity index (χ3n) is 2.99. The summed E-state index contributed by atoms with van der Waals surface area (Å²) in [5.41, 5.74) is 0.608. The average Bonchev–Trinajstić information content (AvgIpc) is 2.43. The Kier molecular flexibility index (Phi) is 5.98. The van der Waals surface area contributed by atoms with Gasteiger partial charge in [-0.3, -0.25) is 0 Å². The maximum atomic E-state index is 13.1. The third kappa shape index (κ3) is 5.00. The van der Waals surface area contributed by atoms with E-state index in [2.05, 4.69) is 5.18 Å². The predicted octanol–water partition coefficient (Wildman–Crippen LogP) is 3.73. The predicted molar refractivity (Wildman–Crippen MR) is 69.8 cm³/mol. The van der Waals surface area contributed by atoms with Crippen LogP contribution in [-0.2, 0) is 0 Å². The van der Waals surface area contributed by atoms with Crippen molar-refractivity contribution in [3.63, 3.8) is 0 Å². The molecule has 4 nitrogen and oxygen atoms in total. The molecule has 0 spiro atoms. The molecule has 1 aromatic carbocycles. The minimum absolute atomic E-state index is 0.245. The topological polar surface area (TPSA) is 55.7 Å². The fraction of sp³-hybridized carbons (Fsp3) is 0.538. The van der Waals surface area contributed by atoms with Crippen molar-refractivity contribution >= 4 is 0 Å². The highest BCUT2D eigenvalue weighted by molar-refractivity contribution is 5.19. The van der Waals surface area contributed by atoms with Crippen LogP contribution in [0.5, 0.6) is 0 Å². The molecule has 0 amide bonds. The Morgan fingerprint density at radius 2 is 2.00 bits per heavy atom. The second-order valence-corrected chi connectivity index (χ2v) is 4.34. The molecule has 19 heavy (non-hydrogen) atoms. The number of hydroxylamine groups is 2. The highest BCUT2D eigenvalue weighted by Gasteiger charge is 2.26. The summed E-state index contributed by atoms with van der Waals surface area (Å²) in [6.07, 6.45) is -0.821. The van der Waals surface area contributed by atoms with Gasteiger partial charge in [0.2, 0.25) is 5.92 Å². The van der Waals surface area contributed by atoms with E-state index in [1.165, 1.54) is 6.92 Å². The van der Waals surface area contributed by atoms with E-state index in [1.54, 1.807) is 30.3 Å². The first-order valence-corrected chi connectivity index (χ1v) is 6.16. The van der Waals surface area contributed by atoms with Gasteiger partial charge in [-0.1, -0.05) is 42.4 Å². The van der Waals surface area contributed by atoms with Crippen molar-refractivity contribution in [2.24, 2.45) is 5.18 Å². The van der Waals surface area contributed by atoms with E-state index < -0.39 is 18.4 Å². The molecule has 0 heterocycles. The Bertz CT molecular complexity index is 387. The molecule has 1 aromatic rings. The van der Waals surface area contributed by atoms with Crippen LogP contribution < -0.4 is 0 Å². The molecule has 0 bridgehead atoms. The molecule has 0 aliphatic carbocycles. The number of halogens is 2. The zero-order valence-corrected chi connectivity index (χ0v) is 10.8. The lowest BCUT2D eigenvalue weighted by Crippen LogP contribution is -2.30. The minimum atomic E-state index is -2.85. The smallest absolute Gasteiger partial charge is 0.249 e. The van der Waals surface area contributed by atoms with Crippen LogP contribution in [0.15, 0.2) is 35.5 Å². The Balaban J connectivity index is 2.69. The van der Waals surface area contributed by atoms with Gasteiger partial charge in [0.05, 0.1) is 6.54 Å². The van der Waals surface area contributed by atoms with Crippen molar-refractivity contribution in [1.82, 2.24) is 5.06 Å². The summed E-state index contributed by atoms with van der Waals surface area (Å²) >= 11 is 0. The maximum Gasteiger partial charge on any atom is 0.249 e. The van der Waals surface area contributed by atoms with Gasteiger partial charge in [-0.15, -0.1) is 0 Å². The van der Waals surface area contributed by atoms with Gasteiger partial charge in [0.25, 0.3) is 0 Å². The molecule has 0 aliphatic rings. The molecule has 1 unspecified atom stereocenters. The largest absolute Gasteiger partial charge is 0.785 e. The zero-order chi connectivity index (χ0) is 14.3. The van der Waals surface area contributed by atoms with Crippen molar-refractivity contribution < 1.29 is 8.78 Å². The van der Waals surface area contributed by atoms with Crippen LogP contribution in [0.25, 0.3) is 0 Å². The standard InChI is InChI=1S/C13H17F2N2O2/c1-2-13(14,15)8-9-17(19)12(10-16-18)11-6-4-3-5-7-11/h3-7,12H,2,8-10H2,1H3/q-1. The molecule has 1 atom stereocenters. The van der Waals surface area contributed by atoms with E-state index in [1.807, 2.05) is 0 Å². The molecule has 0 saturated carbocycles. The quantitative estimate of drug-likeness (QED) is 0.534. The van der Waals surface area contributed by atoms with E-state index in [9.17, 15) is 18.9 Å². The van der Waals surface area contributed by atoms with Crippen molar-refractivity contribution in [3.05, 3.63) is 46.0 Å². The van der Waals surface area contributed by atoms with Crippen LogP contribution in [0, 0.1) is 10.1 Å². The van der Waals surface area contributed by atoms with Crippen LogP contribution in [0.4, 0.5) is 8.78 Å². The van der Waals surface area contributed by atoms with Crippen molar-refractivity contribution in [2.75, 3.05) is 13.1 Å². The minimum Gasteiger partial charge on any atom is -0.785 e. The number of alkyl halides is 2. The number of hydrogen-bond acceptors (Lipinski definition) is 4. The van der Waals surface area contributed by atoms with E-state index >= 15 is 0 Å². The van der Waals surface area contributed by atoms with Gasteiger partial charge in [0.15, 0.2) is 0 Å². The van der Waals surface area contributed by atoms with Crippen molar-refractivity contribution in [1.29, 1.82) is 0 Å². The first kappa shape index (κ1) is 15.7. The number of benzene rings is 1. The summed E-state index contributed by atoms with van der Waals surface area (Å²) < 4.78 is 26.2. The third-order valence-corrected chi connectivity index (χ3v) is 2.99. The second kappa shape index (κ2) is 7.25. The van der Waals surface area contributed by atoms with Gasteiger partial charge in [0.1, 0.15) is 0 Å². The van der Waals surface area contributed by atoms with E-state index in [-0.39, 0.29) is 19.5 Å². The summed E-state index contributed by atoms with van der Waals surface area (Å²) in [5.74, 6) is -2.85. The van der Waals surface area contributed by atoms with Gasteiger partial charge in [0, 0.05) is 18.9 Å². The molecule has 0 aliphatic heterocycles. The second-order valence-electron chi connectivity index (χ2n) is 4.34. The van der Waals surface area contributed by atoms with E-state index in [0.29, 0.717) is 10.6 Å². The number of rotatable bonds is 8. The lowest BCUT2D eigenvalue weighted by Gasteiger charge is -2.36. The molecule has 1 rings (SSSR count). The fourth-order valence-electron chi connectivity index (χ4n) is 1.71. The first-order chi connectivity index (χ1) is 9.00. The van der Waals surface area contributed by atoms with Crippen LogP contribution in [0.3, 0.4) is 0 Å². The molecule has 0 radical (unpaired) electrons. The lowest BCUT2D eigenvalue weighted by molar-refractivity contribution is -0.0187. The highest BCUT2D eigenvalue weighted by Crippen LogP contribution is 2.26. The molecule has 0 saturated heterocycles. The van der Waals surface area contributed by atoms with Gasteiger partial charge in [-0.05, 0) is 12.1 Å². The summed E-state index contributed by atoms with van der Waals surface area (Å²) in [7, 11) is 0. The summed E-state index contributed by atoms with van der Waals surface area (Å²) in [5, 5.41) is 15.1. The Hall–Kier alpha value is -1.40. The Morgan fingerprint density at radius 1 is 1.37 bits per heavy atom. The van der Waals surface area contributed by atoms with Crippen LogP contribution >= 0.6 is 0 Å². The average molecular weight is 271 g/mol. The molecule has 0 aromatic heterocycles. The monoisotopic (exact) mass is 271 g/mol. The van der Waals surface area contributed by atoms with Gasteiger partial charge in [-0.2, -0.15) is 4.91 Å². The van der Waals surface area contributed by atoms with Crippen LogP contribution in [0.1, 0.15) is 31.4 Å². The van der Waals surface area contributed by atoms with Crippen molar-refractivity contribution in [2.45, 2.75) is 31.7 Å². The molecular formula is C13H17F2N2O2-. The molecular weight excluding hydrogens is 254 g/mol. The van der Waals surface area contributed by atoms with Crippen LogP contribution in [-0.4, -0.2) is 24.1 Å². The number of nitroso groups, excluding NO2 is 1. The number of hydrogen-bond donors (Lipinski definition) is 0.